The van der Waals surface area contributed by atoms with Gasteiger partial charge in [-0.25, -0.2) is 4.98 Å². The van der Waals surface area contributed by atoms with E-state index >= 15 is 0 Å². The summed E-state index contributed by atoms with van der Waals surface area (Å²) >= 11 is 0. The first-order valence-electron chi connectivity index (χ1n) is 6.66. The van der Waals surface area contributed by atoms with Gasteiger partial charge in [-0.05, 0) is 24.6 Å². The number of halogens is 2. The van der Waals surface area contributed by atoms with Crippen LogP contribution in [0.25, 0.3) is 0 Å². The lowest BCUT2D eigenvalue weighted by atomic mass is 10.0. The van der Waals surface area contributed by atoms with Crippen LogP contribution < -0.4 is 14.2 Å². The van der Waals surface area contributed by atoms with Crippen LogP contribution in [0.3, 0.4) is 0 Å². The number of alkyl halides is 2. The number of benzene rings is 1. The molecule has 1 heterocycles. The number of hydrogen-bond donors (Lipinski definition) is 0. The predicted molar refractivity (Wildman–Crippen MR) is 78.0 cm³/mol. The maximum atomic E-state index is 12.3. The van der Waals surface area contributed by atoms with Gasteiger partial charge in [0.25, 0.3) is 0 Å². The van der Waals surface area contributed by atoms with Gasteiger partial charge in [-0.1, -0.05) is 12.1 Å². The summed E-state index contributed by atoms with van der Waals surface area (Å²) in [6, 6.07) is 8.48. The van der Waals surface area contributed by atoms with Gasteiger partial charge in [-0.2, -0.15) is 8.78 Å². The molecule has 0 amide bonds. The predicted octanol–water partition coefficient (Wildman–Crippen LogP) is 3.60. The van der Waals surface area contributed by atoms with Gasteiger partial charge >= 0.3 is 6.61 Å². The highest BCUT2D eigenvalue weighted by molar-refractivity contribution is 5.51. The Morgan fingerprint density at radius 1 is 1.09 bits per heavy atom. The van der Waals surface area contributed by atoms with E-state index in [0.29, 0.717) is 23.6 Å². The van der Waals surface area contributed by atoms with E-state index in [0.717, 1.165) is 11.1 Å². The molecule has 1 aromatic heterocycles. The Morgan fingerprint density at radius 2 is 1.86 bits per heavy atom. The van der Waals surface area contributed by atoms with E-state index in [9.17, 15) is 8.78 Å². The van der Waals surface area contributed by atoms with Crippen LogP contribution in [-0.2, 0) is 6.42 Å². The Labute approximate surface area is 127 Å². The SMILES string of the molecule is COc1ccc(C)c(OC)c1Cc1cccc(OC(F)F)n1. The second-order valence-corrected chi connectivity index (χ2v) is 4.62. The van der Waals surface area contributed by atoms with Gasteiger partial charge in [0.1, 0.15) is 11.5 Å². The van der Waals surface area contributed by atoms with Crippen molar-refractivity contribution in [2.45, 2.75) is 20.0 Å². The molecule has 0 unspecified atom stereocenters. The zero-order valence-corrected chi connectivity index (χ0v) is 12.6. The number of nitrogens with zero attached hydrogens (tertiary/aromatic N) is 1. The molecule has 2 aromatic rings. The normalized spacial score (nSPS) is 10.6. The lowest BCUT2D eigenvalue weighted by Crippen LogP contribution is -2.05. The molecule has 22 heavy (non-hydrogen) atoms. The maximum absolute atomic E-state index is 12.3. The Bertz CT molecular complexity index is 647. The van der Waals surface area contributed by atoms with E-state index in [4.69, 9.17) is 9.47 Å². The number of methoxy groups -OCH3 is 2. The summed E-state index contributed by atoms with van der Waals surface area (Å²) in [7, 11) is 3.15. The minimum absolute atomic E-state index is 0.113. The van der Waals surface area contributed by atoms with Crippen LogP contribution >= 0.6 is 0 Å². The Kier molecular flexibility index (Phi) is 5.14. The molecule has 0 N–H and O–H groups in total. The van der Waals surface area contributed by atoms with Crippen LogP contribution in [0.5, 0.6) is 17.4 Å². The Morgan fingerprint density at radius 3 is 2.50 bits per heavy atom. The molecule has 0 atom stereocenters. The molecule has 0 saturated heterocycles. The number of hydrogen-bond acceptors (Lipinski definition) is 4. The molecule has 1 aromatic carbocycles. The molecule has 0 radical (unpaired) electrons. The number of aromatic nitrogens is 1. The fourth-order valence-corrected chi connectivity index (χ4v) is 2.26. The van der Waals surface area contributed by atoms with Gasteiger partial charge in [0.15, 0.2) is 0 Å². The van der Waals surface area contributed by atoms with Gasteiger partial charge in [0.05, 0.1) is 14.2 Å². The summed E-state index contributed by atoms with van der Waals surface area (Å²) in [5, 5.41) is 0. The lowest BCUT2D eigenvalue weighted by molar-refractivity contribution is -0.0529. The van der Waals surface area contributed by atoms with E-state index in [1.54, 1.807) is 26.4 Å². The van der Waals surface area contributed by atoms with Crippen LogP contribution in [-0.4, -0.2) is 25.8 Å². The second-order valence-electron chi connectivity index (χ2n) is 4.62. The smallest absolute Gasteiger partial charge is 0.388 e. The van der Waals surface area contributed by atoms with Crippen LogP contribution in [0.15, 0.2) is 30.3 Å². The van der Waals surface area contributed by atoms with E-state index in [2.05, 4.69) is 9.72 Å². The molecule has 0 aliphatic carbocycles. The fourth-order valence-electron chi connectivity index (χ4n) is 2.26. The summed E-state index contributed by atoms with van der Waals surface area (Å²) in [6.45, 7) is -0.975. The largest absolute Gasteiger partial charge is 0.496 e. The van der Waals surface area contributed by atoms with Crippen molar-refractivity contribution in [2.24, 2.45) is 0 Å². The van der Waals surface area contributed by atoms with Crippen molar-refractivity contribution >= 4 is 0 Å². The first-order valence-corrected chi connectivity index (χ1v) is 6.66. The van der Waals surface area contributed by atoms with Crippen molar-refractivity contribution in [1.29, 1.82) is 0 Å². The highest BCUT2D eigenvalue weighted by Crippen LogP contribution is 2.33. The first kappa shape index (κ1) is 16.0. The topological polar surface area (TPSA) is 40.6 Å². The lowest BCUT2D eigenvalue weighted by Gasteiger charge is -2.15. The third-order valence-corrected chi connectivity index (χ3v) is 3.19. The summed E-state index contributed by atoms with van der Waals surface area (Å²) in [5.41, 5.74) is 2.35. The number of aryl methyl sites for hydroxylation is 1. The molecule has 0 spiro atoms. The van der Waals surface area contributed by atoms with Crippen LogP contribution in [0, 0.1) is 6.92 Å². The third kappa shape index (κ3) is 3.63. The zero-order valence-electron chi connectivity index (χ0n) is 12.6. The molecule has 0 aliphatic heterocycles. The van der Waals surface area contributed by atoms with E-state index in [1.807, 2.05) is 19.1 Å². The van der Waals surface area contributed by atoms with Crippen molar-refractivity contribution in [1.82, 2.24) is 4.98 Å². The standard InChI is InChI=1S/C16H17F2NO3/c1-10-7-8-13(20-2)12(15(10)21-3)9-11-5-4-6-14(19-11)22-16(17)18/h4-8,16H,9H2,1-3H3. The van der Waals surface area contributed by atoms with Crippen molar-refractivity contribution in [3.8, 4) is 17.4 Å². The second kappa shape index (κ2) is 7.06. The van der Waals surface area contributed by atoms with Crippen molar-refractivity contribution in [3.05, 3.63) is 47.2 Å². The molecule has 0 saturated carbocycles. The minimum Gasteiger partial charge on any atom is -0.496 e. The molecule has 0 aliphatic rings. The number of ether oxygens (including phenoxy) is 3. The van der Waals surface area contributed by atoms with Crippen LogP contribution in [0.1, 0.15) is 16.8 Å². The average molecular weight is 309 g/mol. The number of pyridine rings is 1. The van der Waals surface area contributed by atoms with E-state index in [-0.39, 0.29) is 5.88 Å². The van der Waals surface area contributed by atoms with Crippen molar-refractivity contribution in [3.63, 3.8) is 0 Å². The van der Waals surface area contributed by atoms with Gasteiger partial charge in [-0.3, -0.25) is 0 Å². The summed E-state index contributed by atoms with van der Waals surface area (Å²) in [5.74, 6) is 1.24. The maximum Gasteiger partial charge on any atom is 0.388 e. The molecule has 4 nitrogen and oxygen atoms in total. The summed E-state index contributed by atoms with van der Waals surface area (Å²) in [6.07, 6.45) is 0.383. The van der Waals surface area contributed by atoms with Gasteiger partial charge in [0, 0.05) is 23.7 Å². The molecule has 0 fully saturated rings. The Hall–Kier alpha value is -2.37. The number of rotatable bonds is 6. The molecule has 118 valence electrons. The molecule has 0 bridgehead atoms. The molecular formula is C16H17F2NO3. The summed E-state index contributed by atoms with van der Waals surface area (Å²) < 4.78 is 39.6. The van der Waals surface area contributed by atoms with Gasteiger partial charge in [-0.15, -0.1) is 0 Å². The van der Waals surface area contributed by atoms with Crippen LogP contribution in [0.4, 0.5) is 8.78 Å². The van der Waals surface area contributed by atoms with Gasteiger partial charge in [0.2, 0.25) is 5.88 Å². The van der Waals surface area contributed by atoms with Gasteiger partial charge < -0.3 is 14.2 Å². The van der Waals surface area contributed by atoms with E-state index < -0.39 is 6.61 Å². The zero-order chi connectivity index (χ0) is 16.1. The van der Waals surface area contributed by atoms with Crippen LogP contribution in [0.2, 0.25) is 0 Å². The fraction of sp³-hybridized carbons (Fsp3) is 0.312. The molecular weight excluding hydrogens is 292 g/mol. The minimum atomic E-state index is -2.90. The summed E-state index contributed by atoms with van der Waals surface area (Å²) in [4.78, 5) is 4.08. The monoisotopic (exact) mass is 309 g/mol. The van der Waals surface area contributed by atoms with Crippen molar-refractivity contribution < 1.29 is 23.0 Å². The first-order chi connectivity index (χ1) is 10.5. The highest BCUT2D eigenvalue weighted by Gasteiger charge is 2.15. The average Bonchev–Trinajstić information content (AvgIpc) is 2.47. The Balaban J connectivity index is 2.36. The third-order valence-electron chi connectivity index (χ3n) is 3.19. The quantitative estimate of drug-likeness (QED) is 0.817. The van der Waals surface area contributed by atoms with E-state index in [1.165, 1.54) is 6.07 Å². The highest BCUT2D eigenvalue weighted by atomic mass is 19.3. The van der Waals surface area contributed by atoms with Crippen molar-refractivity contribution in [2.75, 3.05) is 14.2 Å². The molecule has 2 rings (SSSR count). The molecule has 6 heteroatoms.